The fourth-order valence-corrected chi connectivity index (χ4v) is 2.51. The summed E-state index contributed by atoms with van der Waals surface area (Å²) in [5.41, 5.74) is 3.51. The van der Waals surface area contributed by atoms with Gasteiger partial charge in [0.15, 0.2) is 11.2 Å². The van der Waals surface area contributed by atoms with Crippen LogP contribution in [-0.2, 0) is 4.79 Å². The lowest BCUT2D eigenvalue weighted by Gasteiger charge is -2.07. The first-order valence-electron chi connectivity index (χ1n) is 6.55. The smallest absolute Gasteiger partial charge is 0.258 e. The summed E-state index contributed by atoms with van der Waals surface area (Å²) in [6, 6.07) is 11.2. The molecule has 102 valence electrons. The van der Waals surface area contributed by atoms with E-state index in [1.54, 1.807) is 36.4 Å². The van der Waals surface area contributed by atoms with Gasteiger partial charge in [-0.15, -0.1) is 0 Å². The third-order valence-electron chi connectivity index (χ3n) is 3.54. The standard InChI is InChI=1S/C16H11N3O2/c1-19-12-6-3-2-5-10(12)11(16(19)20)9-14-18-15-13(21-14)7-4-8-17-15/h2-9H,1H3/b11-9+. The summed E-state index contributed by atoms with van der Waals surface area (Å²) < 4.78 is 5.61. The van der Waals surface area contributed by atoms with E-state index in [-0.39, 0.29) is 5.91 Å². The number of carbonyl (C=O) groups is 1. The molecule has 0 fully saturated rings. The highest BCUT2D eigenvalue weighted by Crippen LogP contribution is 2.36. The van der Waals surface area contributed by atoms with Gasteiger partial charge < -0.3 is 9.32 Å². The summed E-state index contributed by atoms with van der Waals surface area (Å²) in [6.45, 7) is 0. The maximum atomic E-state index is 12.4. The SMILES string of the molecule is CN1C(=O)/C(=C/c2nc3ncccc3o2)c2ccccc21. The second kappa shape index (κ2) is 4.28. The summed E-state index contributed by atoms with van der Waals surface area (Å²) in [5, 5.41) is 0. The third kappa shape index (κ3) is 1.74. The minimum absolute atomic E-state index is 0.0635. The van der Waals surface area contributed by atoms with Crippen molar-refractivity contribution >= 4 is 34.5 Å². The van der Waals surface area contributed by atoms with Crippen molar-refractivity contribution in [1.29, 1.82) is 0 Å². The largest absolute Gasteiger partial charge is 0.435 e. The maximum absolute atomic E-state index is 12.4. The Balaban J connectivity index is 1.87. The number of likely N-dealkylation sites (N-methyl/N-ethyl adjacent to an activating group) is 1. The molecule has 0 radical (unpaired) electrons. The van der Waals surface area contributed by atoms with Crippen LogP contribution < -0.4 is 4.90 Å². The molecule has 0 unspecified atom stereocenters. The predicted octanol–water partition coefficient (Wildman–Crippen LogP) is 2.74. The summed E-state index contributed by atoms with van der Waals surface area (Å²) in [4.78, 5) is 22.4. The number of carbonyl (C=O) groups excluding carboxylic acids is 1. The van der Waals surface area contributed by atoms with Crippen LogP contribution in [0.15, 0.2) is 47.0 Å². The molecule has 0 spiro atoms. The molecule has 21 heavy (non-hydrogen) atoms. The van der Waals surface area contributed by atoms with E-state index in [0.29, 0.717) is 22.7 Å². The molecule has 0 aliphatic carbocycles. The Morgan fingerprint density at radius 1 is 1.19 bits per heavy atom. The Bertz CT molecular complexity index is 862. The van der Waals surface area contributed by atoms with Gasteiger partial charge in [0.1, 0.15) is 0 Å². The molecule has 1 aliphatic rings. The molecular formula is C16H11N3O2. The lowest BCUT2D eigenvalue weighted by molar-refractivity contribution is -0.112. The molecule has 0 saturated carbocycles. The van der Waals surface area contributed by atoms with E-state index in [1.807, 2.05) is 24.3 Å². The average molecular weight is 277 g/mol. The number of amides is 1. The highest BCUT2D eigenvalue weighted by atomic mass is 16.3. The summed E-state index contributed by atoms with van der Waals surface area (Å²) in [6.07, 6.45) is 3.33. The zero-order chi connectivity index (χ0) is 14.4. The van der Waals surface area contributed by atoms with Crippen LogP contribution in [0.1, 0.15) is 11.5 Å². The van der Waals surface area contributed by atoms with Crippen molar-refractivity contribution < 1.29 is 9.21 Å². The Hall–Kier alpha value is -2.95. The molecular weight excluding hydrogens is 266 g/mol. The number of hydrogen-bond donors (Lipinski definition) is 0. The number of rotatable bonds is 1. The fraction of sp³-hybridized carbons (Fsp3) is 0.0625. The van der Waals surface area contributed by atoms with Crippen LogP contribution in [0.2, 0.25) is 0 Å². The zero-order valence-electron chi connectivity index (χ0n) is 11.3. The highest BCUT2D eigenvalue weighted by Gasteiger charge is 2.29. The van der Waals surface area contributed by atoms with Crippen molar-refractivity contribution in [2.24, 2.45) is 0 Å². The number of aromatic nitrogens is 2. The lowest BCUT2D eigenvalue weighted by atomic mass is 10.1. The van der Waals surface area contributed by atoms with E-state index in [1.165, 1.54) is 0 Å². The van der Waals surface area contributed by atoms with Gasteiger partial charge in [0.2, 0.25) is 5.89 Å². The van der Waals surface area contributed by atoms with Crippen LogP contribution >= 0.6 is 0 Å². The van der Waals surface area contributed by atoms with Crippen LogP contribution in [-0.4, -0.2) is 22.9 Å². The van der Waals surface area contributed by atoms with Gasteiger partial charge in [0, 0.05) is 24.9 Å². The Morgan fingerprint density at radius 3 is 2.90 bits per heavy atom. The van der Waals surface area contributed by atoms with Crippen molar-refractivity contribution in [2.75, 3.05) is 11.9 Å². The number of fused-ring (bicyclic) bond motifs is 2. The predicted molar refractivity (Wildman–Crippen MR) is 79.5 cm³/mol. The first kappa shape index (κ1) is 11.8. The van der Waals surface area contributed by atoms with Gasteiger partial charge in [0.05, 0.1) is 11.3 Å². The van der Waals surface area contributed by atoms with E-state index in [2.05, 4.69) is 9.97 Å². The second-order valence-electron chi connectivity index (χ2n) is 4.82. The molecule has 1 aromatic carbocycles. The molecule has 1 aliphatic heterocycles. The average Bonchev–Trinajstić information content (AvgIpc) is 3.02. The Kier molecular flexibility index (Phi) is 2.41. The molecule has 0 saturated heterocycles. The molecule has 2 aromatic heterocycles. The summed E-state index contributed by atoms with van der Waals surface area (Å²) in [7, 11) is 1.76. The maximum Gasteiger partial charge on any atom is 0.258 e. The van der Waals surface area contributed by atoms with Crippen LogP contribution in [0, 0.1) is 0 Å². The van der Waals surface area contributed by atoms with Gasteiger partial charge in [-0.25, -0.2) is 4.98 Å². The van der Waals surface area contributed by atoms with Crippen molar-refractivity contribution in [3.05, 3.63) is 54.0 Å². The number of pyridine rings is 1. The summed E-state index contributed by atoms with van der Waals surface area (Å²) >= 11 is 0. The number of hydrogen-bond acceptors (Lipinski definition) is 4. The van der Waals surface area contributed by atoms with Gasteiger partial charge in [-0.2, -0.15) is 4.98 Å². The zero-order valence-corrected chi connectivity index (χ0v) is 11.3. The second-order valence-corrected chi connectivity index (χ2v) is 4.82. The van der Waals surface area contributed by atoms with Gasteiger partial charge in [-0.1, -0.05) is 18.2 Å². The number of anilines is 1. The van der Waals surface area contributed by atoms with E-state index in [4.69, 9.17) is 4.42 Å². The van der Waals surface area contributed by atoms with E-state index in [0.717, 1.165) is 11.3 Å². The van der Waals surface area contributed by atoms with E-state index >= 15 is 0 Å². The Labute approximate surface area is 120 Å². The fourth-order valence-electron chi connectivity index (χ4n) is 2.51. The molecule has 1 amide bonds. The monoisotopic (exact) mass is 277 g/mol. The number of nitrogens with zero attached hydrogens (tertiary/aromatic N) is 3. The minimum Gasteiger partial charge on any atom is -0.435 e. The molecule has 3 aromatic rings. The van der Waals surface area contributed by atoms with Gasteiger partial charge >= 0.3 is 0 Å². The minimum atomic E-state index is -0.0635. The molecule has 0 N–H and O–H groups in total. The molecule has 5 nitrogen and oxygen atoms in total. The first-order valence-corrected chi connectivity index (χ1v) is 6.55. The quantitative estimate of drug-likeness (QED) is 0.642. The Morgan fingerprint density at radius 2 is 2.05 bits per heavy atom. The third-order valence-corrected chi connectivity index (χ3v) is 3.54. The topological polar surface area (TPSA) is 59.2 Å². The van der Waals surface area contributed by atoms with E-state index in [9.17, 15) is 4.79 Å². The van der Waals surface area contributed by atoms with Crippen LogP contribution in [0.5, 0.6) is 0 Å². The van der Waals surface area contributed by atoms with Gasteiger partial charge in [-0.05, 0) is 18.2 Å². The number of benzene rings is 1. The molecule has 5 heteroatoms. The normalized spacial score (nSPS) is 16.0. The lowest BCUT2D eigenvalue weighted by Crippen LogP contribution is -2.20. The van der Waals surface area contributed by atoms with Crippen molar-refractivity contribution in [2.45, 2.75) is 0 Å². The van der Waals surface area contributed by atoms with E-state index < -0.39 is 0 Å². The van der Waals surface area contributed by atoms with Gasteiger partial charge in [-0.3, -0.25) is 4.79 Å². The van der Waals surface area contributed by atoms with Crippen molar-refractivity contribution in [1.82, 2.24) is 9.97 Å². The highest BCUT2D eigenvalue weighted by molar-refractivity contribution is 6.35. The van der Waals surface area contributed by atoms with Crippen LogP contribution in [0.25, 0.3) is 22.9 Å². The van der Waals surface area contributed by atoms with Crippen LogP contribution in [0.4, 0.5) is 5.69 Å². The number of oxazole rings is 1. The molecule has 0 atom stereocenters. The molecule has 4 rings (SSSR count). The number of para-hydroxylation sites is 1. The summed E-state index contributed by atoms with van der Waals surface area (Å²) in [5.74, 6) is 0.323. The van der Waals surface area contributed by atoms with Crippen LogP contribution in [0.3, 0.4) is 0 Å². The van der Waals surface area contributed by atoms with Crippen molar-refractivity contribution in [3.8, 4) is 0 Å². The first-order chi connectivity index (χ1) is 10.2. The molecule has 3 heterocycles. The van der Waals surface area contributed by atoms with Crippen molar-refractivity contribution in [3.63, 3.8) is 0 Å². The van der Waals surface area contributed by atoms with Gasteiger partial charge in [0.25, 0.3) is 5.91 Å². The molecule has 0 bridgehead atoms.